The van der Waals surface area contributed by atoms with Crippen LogP contribution in [0.15, 0.2) is 146 Å². The van der Waals surface area contributed by atoms with Crippen LogP contribution in [-0.4, -0.2) is 186 Å². The first-order chi connectivity index (χ1) is 53.4. The number of nitrogens with zero attached hydrogens (tertiary/aromatic N) is 7. The number of rotatable bonds is 28. The molecule has 2 saturated heterocycles. The molecule has 1 saturated carbocycles. The van der Waals surface area contributed by atoms with E-state index in [1.165, 1.54) is 25.8 Å². The van der Waals surface area contributed by atoms with Gasteiger partial charge in [0.25, 0.3) is 0 Å². The molecule has 3 aliphatic rings. The van der Waals surface area contributed by atoms with E-state index in [9.17, 15) is 43.5 Å². The van der Waals surface area contributed by atoms with Crippen LogP contribution in [0.4, 0.5) is 0 Å². The molecule has 3 unspecified atom stereocenters. The fourth-order valence-electron chi connectivity index (χ4n) is 16.9. The van der Waals surface area contributed by atoms with E-state index in [0.717, 1.165) is 214 Å². The van der Waals surface area contributed by atoms with Gasteiger partial charge >= 0.3 is 0 Å². The lowest BCUT2D eigenvalue weighted by Crippen LogP contribution is -2.38. The monoisotopic (exact) mass is 1500 g/mol. The van der Waals surface area contributed by atoms with E-state index >= 15 is 0 Å². The number of carbonyl (C=O) groups is 8. The number of fused-ring (bicyclic) bond motifs is 14. The minimum Gasteiger partial charge on any atom is -0.395 e. The second kappa shape index (κ2) is 36.0. The molecule has 1 aliphatic carbocycles. The summed E-state index contributed by atoms with van der Waals surface area (Å²) in [4.78, 5) is 102. The Labute approximate surface area is 648 Å². The Morgan fingerprint density at radius 3 is 0.964 bits per heavy atom. The highest BCUT2D eigenvalue weighted by molar-refractivity contribution is 6.17. The summed E-state index contributed by atoms with van der Waals surface area (Å²) in [5.74, 6) is 1.28. The molecule has 6 heterocycles. The molecule has 3 atom stereocenters. The molecule has 2 bridgehead atoms. The van der Waals surface area contributed by atoms with Crippen LogP contribution in [0.1, 0.15) is 196 Å². The Morgan fingerprint density at radius 2 is 0.685 bits per heavy atom. The Hall–Kier alpha value is -9.96. The number of nitrogens with one attached hydrogen (secondary N) is 1. The van der Waals surface area contributed by atoms with Crippen molar-refractivity contribution in [1.29, 1.82) is 0 Å². The summed E-state index contributed by atoms with van der Waals surface area (Å²) < 4.78 is 9.15. The summed E-state index contributed by atoms with van der Waals surface area (Å²) in [7, 11) is 2.00. The lowest BCUT2D eigenvalue weighted by Gasteiger charge is -2.30. The van der Waals surface area contributed by atoms with Crippen molar-refractivity contribution in [1.82, 2.24) is 38.3 Å². The van der Waals surface area contributed by atoms with Gasteiger partial charge in [-0.25, -0.2) is 0 Å². The van der Waals surface area contributed by atoms with Crippen molar-refractivity contribution in [3.8, 4) is 0 Å². The molecule has 111 heavy (non-hydrogen) atoms. The van der Waals surface area contributed by atoms with Crippen molar-refractivity contribution in [2.75, 3.05) is 79.2 Å². The van der Waals surface area contributed by atoms with Crippen molar-refractivity contribution < 1.29 is 53.7 Å². The average molecular weight is 1500 g/mol. The number of ketones is 8. The maximum Gasteiger partial charge on any atom is 0.159 e. The number of piperidine rings is 2. The van der Waals surface area contributed by atoms with Crippen LogP contribution >= 0.6 is 0 Å². The predicted octanol–water partition coefficient (Wildman–Crippen LogP) is 15.8. The summed E-state index contributed by atoms with van der Waals surface area (Å²) in [5, 5.41) is 39.1. The van der Waals surface area contributed by atoms with Gasteiger partial charge in [-0.15, -0.1) is 0 Å². The van der Waals surface area contributed by atoms with E-state index in [2.05, 4.69) is 50.4 Å². The first-order valence-electron chi connectivity index (χ1n) is 39.5. The number of likely N-dealkylation sites (N-methyl/N-ethyl adjacent to an activating group) is 1. The number of aromatic nitrogens is 4. The first-order valence-corrected chi connectivity index (χ1v) is 39.5. The topological polar surface area (TPSA) is 239 Å². The van der Waals surface area contributed by atoms with Crippen molar-refractivity contribution in [3.63, 3.8) is 0 Å². The summed E-state index contributed by atoms with van der Waals surface area (Å²) in [5.41, 5.74) is 14.3. The second-order valence-electron chi connectivity index (χ2n) is 30.8. The number of aliphatic hydroxyl groups is 3. The van der Waals surface area contributed by atoms with Crippen LogP contribution in [0.3, 0.4) is 0 Å². The quantitative estimate of drug-likeness (QED) is 0.0263. The lowest BCUT2D eigenvalue weighted by atomic mass is 10.0. The SMILES string of the molecule is CC(=O)c1ccc2c(c1)c1cc(C(C)=O)ccc1n2CCCN(C)CCO.CC(=O)c1ccc2c(c1)c1cc(C(C)=O)ccc1n2CCCN1CC2CCC1C2.CC(=O)c1ccc2c(c1)c1cc(C(C)=O)ccc1n2CCCN1CCCC(O)C1.CC(=O)c1ccc2c(c1)c1cc(C(C)=O)ccc1n2CCCNCCO. The number of hydrogen-bond acceptors (Lipinski definition) is 15. The second-order valence-corrected chi connectivity index (χ2v) is 30.8. The van der Waals surface area contributed by atoms with Gasteiger partial charge in [-0.3, -0.25) is 38.4 Å². The van der Waals surface area contributed by atoms with Crippen molar-refractivity contribution in [2.45, 2.75) is 152 Å². The standard InChI is InChI=1S/C25H28N2O2.C24H28N2O3.C22H26N2O3.C21H24N2O3/c1-16(28)19-5-8-24-22(13-19)23-14-20(17(2)29)6-9-25(23)27(24)11-3-10-26-15-18-4-7-21(26)12-18;1-16(27)18-6-8-23-21(13-18)22-14-19(17(2)28)7-9-24(22)26(23)12-4-11-25-10-3-5-20(29)15-25;1-15(26)17-5-7-21-19(13-17)20-14-18(16(2)27)6-8-22(20)24(21)10-4-9-23(3)11-12-25;1-14(25)16-4-6-20-18(12-16)19-13-17(15(2)26)5-7-21(19)23(20)10-3-8-22-9-11-24/h5-6,8-9,13-14,18,21H,3-4,7,10-12,15H2,1-2H3;6-9,13-14,20,29H,3-5,10-12,15H2,1-2H3;5-8,13-14,25H,4,9-12H2,1-3H3;4-7,12-13,22,24H,3,8-11H2,1-2H3. The summed E-state index contributed by atoms with van der Waals surface area (Å²) >= 11 is 0. The Kier molecular flexibility index (Phi) is 26.1. The Morgan fingerprint density at radius 1 is 0.369 bits per heavy atom. The van der Waals surface area contributed by atoms with Crippen LogP contribution in [0.5, 0.6) is 0 Å². The maximum absolute atomic E-state index is 11.9. The molecule has 4 aromatic heterocycles. The Balaban J connectivity index is 0.000000138. The zero-order valence-electron chi connectivity index (χ0n) is 65.8. The third-order valence-corrected chi connectivity index (χ3v) is 22.8. The van der Waals surface area contributed by atoms with Crippen LogP contribution in [-0.2, 0) is 26.2 Å². The number of likely N-dealkylation sites (tertiary alicyclic amines) is 2. The van der Waals surface area contributed by atoms with Gasteiger partial charge in [0.2, 0.25) is 0 Å². The summed E-state index contributed by atoms with van der Waals surface area (Å²) in [6.45, 7) is 24.5. The average Bonchev–Trinajstić information content (AvgIpc) is 1.62. The van der Waals surface area contributed by atoms with E-state index < -0.39 is 0 Å². The fourth-order valence-corrected chi connectivity index (χ4v) is 16.9. The normalized spacial score (nSPS) is 15.7. The number of benzene rings is 8. The smallest absolute Gasteiger partial charge is 0.159 e. The molecule has 19 heteroatoms. The molecule has 3 fully saturated rings. The molecule has 12 aromatic rings. The Bertz CT molecular complexity index is 5250. The van der Waals surface area contributed by atoms with E-state index in [4.69, 9.17) is 10.2 Å². The van der Waals surface area contributed by atoms with Crippen LogP contribution in [0.25, 0.3) is 87.2 Å². The van der Waals surface area contributed by atoms with Gasteiger partial charge in [-0.1, -0.05) is 0 Å². The van der Waals surface area contributed by atoms with Gasteiger partial charge in [-0.2, -0.15) is 0 Å². The molecule has 15 rings (SSSR count). The molecule has 2 aliphatic heterocycles. The lowest BCUT2D eigenvalue weighted by molar-refractivity contribution is 0.0696. The van der Waals surface area contributed by atoms with Crippen molar-refractivity contribution >= 4 is 133 Å². The molecule has 19 nitrogen and oxygen atoms in total. The minimum atomic E-state index is -0.202. The van der Waals surface area contributed by atoms with E-state index in [0.29, 0.717) is 46.5 Å². The molecule has 8 aromatic carbocycles. The highest BCUT2D eigenvalue weighted by atomic mass is 16.3. The molecule has 0 spiro atoms. The summed E-state index contributed by atoms with van der Waals surface area (Å²) in [6, 6.07) is 47.6. The van der Waals surface area contributed by atoms with Crippen LogP contribution < -0.4 is 5.32 Å². The maximum atomic E-state index is 11.9. The summed E-state index contributed by atoms with van der Waals surface area (Å²) in [6.07, 6.45) is 9.91. The number of aliphatic hydroxyl groups excluding tert-OH is 3. The molecule has 0 radical (unpaired) electrons. The van der Waals surface area contributed by atoms with Gasteiger partial charge < -0.3 is 53.6 Å². The van der Waals surface area contributed by atoms with E-state index in [-0.39, 0.29) is 65.6 Å². The zero-order valence-corrected chi connectivity index (χ0v) is 65.8. The zero-order chi connectivity index (χ0) is 78.9. The number of aryl methyl sites for hydroxylation is 4. The third kappa shape index (κ3) is 18.3. The van der Waals surface area contributed by atoms with Gasteiger partial charge in [-0.05, 0) is 298 Å². The van der Waals surface area contributed by atoms with Crippen LogP contribution in [0, 0.1) is 5.92 Å². The molecule has 580 valence electrons. The van der Waals surface area contributed by atoms with Gasteiger partial charge in [0.05, 0.1) is 19.3 Å². The molecular formula is C92H106N8O11. The van der Waals surface area contributed by atoms with Crippen LogP contribution in [0.2, 0.25) is 0 Å². The largest absolute Gasteiger partial charge is 0.395 e. The molecular weight excluding hydrogens is 1390 g/mol. The van der Waals surface area contributed by atoms with Gasteiger partial charge in [0.15, 0.2) is 46.3 Å². The third-order valence-electron chi connectivity index (χ3n) is 22.8. The number of carbonyl (C=O) groups excluding carboxylic acids is 8. The molecule has 4 N–H and O–H groups in total. The highest BCUT2D eigenvalue weighted by Gasteiger charge is 2.37. The van der Waals surface area contributed by atoms with E-state index in [1.807, 2.05) is 141 Å². The minimum absolute atomic E-state index is 0.0312. The van der Waals surface area contributed by atoms with Gasteiger partial charge in [0, 0.05) is 197 Å². The highest BCUT2D eigenvalue weighted by Crippen LogP contribution is 2.39. The van der Waals surface area contributed by atoms with Crippen molar-refractivity contribution in [3.05, 3.63) is 190 Å². The van der Waals surface area contributed by atoms with Gasteiger partial charge in [0.1, 0.15) is 0 Å². The van der Waals surface area contributed by atoms with E-state index in [1.54, 1.807) is 55.4 Å². The predicted molar refractivity (Wildman–Crippen MR) is 445 cm³/mol. The number of Topliss-reactive ketones (excluding diaryl/α,β-unsaturated/α-hetero) is 8. The first kappa shape index (κ1) is 80.6. The number of β-amino-alcohol motifs (C(OH)–C–C–N with tert-alkyl or cyclic N) is 1. The molecule has 0 amide bonds. The van der Waals surface area contributed by atoms with Crippen molar-refractivity contribution in [2.24, 2.45) is 5.92 Å². The number of hydrogen-bond donors (Lipinski definition) is 4. The fraction of sp³-hybridized carbons (Fsp3) is 0.391.